The highest BCUT2D eigenvalue weighted by Crippen LogP contribution is 2.25. The fraction of sp³-hybridized carbons (Fsp3) is 0.786. The highest BCUT2D eigenvalue weighted by Gasteiger charge is 2.23. The zero-order valence-corrected chi connectivity index (χ0v) is 12.0. The fourth-order valence-corrected chi connectivity index (χ4v) is 2.62. The molecule has 0 amide bonds. The van der Waals surface area contributed by atoms with Gasteiger partial charge < -0.3 is 14.6 Å². The number of nitrogens with one attached hydrogen (secondary N) is 1. The van der Waals surface area contributed by atoms with Crippen molar-refractivity contribution in [1.82, 2.24) is 14.9 Å². The van der Waals surface area contributed by atoms with E-state index in [1.54, 1.807) is 0 Å². The van der Waals surface area contributed by atoms with Crippen molar-refractivity contribution in [2.24, 2.45) is 0 Å². The molecule has 0 aromatic carbocycles. The molecule has 2 rings (SSSR count). The first-order chi connectivity index (χ1) is 8.65. The molecule has 102 valence electrons. The predicted molar refractivity (Wildman–Crippen MR) is 72.9 cm³/mol. The molecule has 1 N–H and O–H groups in total. The predicted octanol–water partition coefficient (Wildman–Crippen LogP) is 2.25. The Morgan fingerprint density at radius 2 is 2.17 bits per heavy atom. The van der Waals surface area contributed by atoms with Crippen molar-refractivity contribution in [1.29, 1.82) is 0 Å². The lowest BCUT2D eigenvalue weighted by Crippen LogP contribution is -2.26. The van der Waals surface area contributed by atoms with Crippen LogP contribution in [0.3, 0.4) is 0 Å². The molecule has 0 saturated heterocycles. The second-order valence-corrected chi connectivity index (χ2v) is 5.32. The number of rotatable bonds is 5. The van der Waals surface area contributed by atoms with Crippen molar-refractivity contribution >= 4 is 0 Å². The van der Waals surface area contributed by atoms with Gasteiger partial charge in [-0.05, 0) is 13.8 Å². The largest absolute Gasteiger partial charge is 0.380 e. The van der Waals surface area contributed by atoms with E-state index in [9.17, 15) is 0 Å². The molecule has 0 spiro atoms. The van der Waals surface area contributed by atoms with E-state index in [-0.39, 0.29) is 0 Å². The lowest BCUT2D eigenvalue weighted by Gasteiger charge is -2.22. The second kappa shape index (κ2) is 5.85. The minimum absolute atomic E-state index is 0.372. The molecule has 1 aromatic rings. The number of hydrogen-bond donors (Lipinski definition) is 1. The summed E-state index contributed by atoms with van der Waals surface area (Å²) in [4.78, 5) is 4.82. The van der Waals surface area contributed by atoms with Gasteiger partial charge >= 0.3 is 0 Å². The lowest BCUT2D eigenvalue weighted by atomic mass is 10.1. The van der Waals surface area contributed by atoms with Gasteiger partial charge in [0, 0.05) is 37.7 Å². The molecular weight excluding hydrogens is 226 g/mol. The SMILES string of the molecule is CCOCC(C)n1c(C(C)C)nc2c1CCNC2. The van der Waals surface area contributed by atoms with Crippen molar-refractivity contribution in [2.45, 2.75) is 52.6 Å². The first-order valence-corrected chi connectivity index (χ1v) is 7.03. The molecule has 18 heavy (non-hydrogen) atoms. The van der Waals surface area contributed by atoms with Gasteiger partial charge in [-0.1, -0.05) is 13.8 Å². The first-order valence-electron chi connectivity index (χ1n) is 7.03. The number of aromatic nitrogens is 2. The van der Waals surface area contributed by atoms with Crippen LogP contribution < -0.4 is 5.32 Å². The van der Waals surface area contributed by atoms with Crippen LogP contribution in [0, 0.1) is 0 Å². The van der Waals surface area contributed by atoms with Crippen molar-refractivity contribution in [3.63, 3.8) is 0 Å². The molecule has 1 aliphatic heterocycles. The number of ether oxygens (including phenoxy) is 1. The molecule has 0 bridgehead atoms. The van der Waals surface area contributed by atoms with Gasteiger partial charge in [0.1, 0.15) is 5.82 Å². The minimum atomic E-state index is 0.372. The minimum Gasteiger partial charge on any atom is -0.380 e. The van der Waals surface area contributed by atoms with Crippen LogP contribution in [0.4, 0.5) is 0 Å². The Bertz CT molecular complexity index is 398. The molecule has 1 unspecified atom stereocenters. The number of nitrogens with zero attached hydrogens (tertiary/aromatic N) is 2. The highest BCUT2D eigenvalue weighted by molar-refractivity contribution is 5.22. The number of imidazole rings is 1. The Morgan fingerprint density at radius 1 is 1.39 bits per heavy atom. The van der Waals surface area contributed by atoms with Crippen LogP contribution in [0.15, 0.2) is 0 Å². The summed E-state index contributed by atoms with van der Waals surface area (Å²) in [6.07, 6.45) is 1.07. The third kappa shape index (κ3) is 2.59. The summed E-state index contributed by atoms with van der Waals surface area (Å²) in [6.45, 7) is 12.2. The quantitative estimate of drug-likeness (QED) is 0.872. The van der Waals surface area contributed by atoms with Gasteiger partial charge in [-0.2, -0.15) is 0 Å². The summed E-state index contributed by atoms with van der Waals surface area (Å²) >= 11 is 0. The summed E-state index contributed by atoms with van der Waals surface area (Å²) in [5.74, 6) is 1.66. The molecule has 1 aromatic heterocycles. The summed E-state index contributed by atoms with van der Waals surface area (Å²) in [6, 6.07) is 0.372. The third-order valence-corrected chi connectivity index (χ3v) is 3.47. The summed E-state index contributed by atoms with van der Waals surface area (Å²) in [7, 11) is 0. The van der Waals surface area contributed by atoms with Gasteiger partial charge in [-0.3, -0.25) is 0 Å². The van der Waals surface area contributed by atoms with E-state index in [4.69, 9.17) is 9.72 Å². The maximum absolute atomic E-state index is 5.58. The van der Waals surface area contributed by atoms with E-state index < -0.39 is 0 Å². The van der Waals surface area contributed by atoms with Crippen LogP contribution in [-0.4, -0.2) is 29.3 Å². The Hall–Kier alpha value is -0.870. The monoisotopic (exact) mass is 251 g/mol. The molecule has 0 aliphatic carbocycles. The molecule has 4 heteroatoms. The summed E-state index contributed by atoms with van der Waals surface area (Å²) in [5, 5.41) is 3.40. The Morgan fingerprint density at radius 3 is 2.83 bits per heavy atom. The Balaban J connectivity index is 2.32. The van der Waals surface area contributed by atoms with E-state index in [0.29, 0.717) is 12.0 Å². The van der Waals surface area contributed by atoms with Crippen LogP contribution in [0.1, 0.15) is 56.9 Å². The molecule has 1 atom stereocenters. The second-order valence-electron chi connectivity index (χ2n) is 5.32. The summed E-state index contributed by atoms with van der Waals surface area (Å²) < 4.78 is 7.99. The van der Waals surface area contributed by atoms with Gasteiger partial charge in [0.15, 0.2) is 0 Å². The van der Waals surface area contributed by atoms with Crippen LogP contribution >= 0.6 is 0 Å². The van der Waals surface area contributed by atoms with Gasteiger partial charge in [0.25, 0.3) is 0 Å². The summed E-state index contributed by atoms with van der Waals surface area (Å²) in [5.41, 5.74) is 2.64. The highest BCUT2D eigenvalue weighted by atomic mass is 16.5. The third-order valence-electron chi connectivity index (χ3n) is 3.47. The van der Waals surface area contributed by atoms with E-state index >= 15 is 0 Å². The zero-order chi connectivity index (χ0) is 13.1. The van der Waals surface area contributed by atoms with E-state index in [2.05, 4.69) is 30.7 Å². The van der Waals surface area contributed by atoms with Gasteiger partial charge in [-0.15, -0.1) is 0 Å². The van der Waals surface area contributed by atoms with Crippen molar-refractivity contribution in [3.8, 4) is 0 Å². The number of hydrogen-bond acceptors (Lipinski definition) is 3. The topological polar surface area (TPSA) is 39.1 Å². The molecule has 4 nitrogen and oxygen atoms in total. The maximum atomic E-state index is 5.58. The Labute approximate surface area is 110 Å². The molecular formula is C14H25N3O. The van der Waals surface area contributed by atoms with Gasteiger partial charge in [0.2, 0.25) is 0 Å². The van der Waals surface area contributed by atoms with Crippen LogP contribution in [0.25, 0.3) is 0 Å². The molecule has 2 heterocycles. The zero-order valence-electron chi connectivity index (χ0n) is 12.0. The van der Waals surface area contributed by atoms with Crippen molar-refractivity contribution in [3.05, 3.63) is 17.2 Å². The maximum Gasteiger partial charge on any atom is 0.112 e. The average molecular weight is 251 g/mol. The molecule has 0 fully saturated rings. The standard InChI is InChI=1S/C14H25N3O/c1-5-18-9-11(4)17-13-6-7-15-8-12(13)16-14(17)10(2)3/h10-11,15H,5-9H2,1-4H3. The van der Waals surface area contributed by atoms with Crippen LogP contribution in [0.5, 0.6) is 0 Å². The van der Waals surface area contributed by atoms with E-state index in [1.807, 2.05) is 6.92 Å². The van der Waals surface area contributed by atoms with Crippen LogP contribution in [0.2, 0.25) is 0 Å². The van der Waals surface area contributed by atoms with Crippen molar-refractivity contribution in [2.75, 3.05) is 19.8 Å². The smallest absolute Gasteiger partial charge is 0.112 e. The normalized spacial score (nSPS) is 16.9. The van der Waals surface area contributed by atoms with Crippen LogP contribution in [-0.2, 0) is 17.7 Å². The first kappa shape index (κ1) is 13.6. The Kier molecular flexibility index (Phi) is 4.40. The average Bonchev–Trinajstić information content (AvgIpc) is 2.75. The molecule has 0 radical (unpaired) electrons. The van der Waals surface area contributed by atoms with Crippen molar-refractivity contribution < 1.29 is 4.74 Å². The molecule has 1 aliphatic rings. The number of fused-ring (bicyclic) bond motifs is 1. The molecule has 0 saturated carbocycles. The fourth-order valence-electron chi connectivity index (χ4n) is 2.62. The van der Waals surface area contributed by atoms with Gasteiger partial charge in [-0.25, -0.2) is 4.98 Å². The van der Waals surface area contributed by atoms with E-state index in [0.717, 1.165) is 32.7 Å². The lowest BCUT2D eigenvalue weighted by molar-refractivity contribution is 0.116. The van der Waals surface area contributed by atoms with E-state index in [1.165, 1.54) is 17.2 Å². The van der Waals surface area contributed by atoms with Gasteiger partial charge in [0.05, 0.1) is 18.3 Å².